The van der Waals surface area contributed by atoms with Crippen LogP contribution in [0, 0.1) is 0 Å². The third-order valence-corrected chi connectivity index (χ3v) is 7.43. The number of fused-ring (bicyclic) bond motifs is 1. The quantitative estimate of drug-likeness (QED) is 0.825. The Balaban J connectivity index is 2.02. The van der Waals surface area contributed by atoms with Crippen LogP contribution in [-0.4, -0.2) is 46.5 Å². The van der Waals surface area contributed by atoms with Crippen LogP contribution in [0.25, 0.3) is 0 Å². The minimum absolute atomic E-state index is 0.185. The Labute approximate surface area is 131 Å². The van der Waals surface area contributed by atoms with Crippen molar-refractivity contribution in [2.45, 2.75) is 37.1 Å². The highest BCUT2D eigenvalue weighted by molar-refractivity contribution is 7.92. The molecule has 1 saturated heterocycles. The molecule has 1 aromatic carbocycles. The van der Waals surface area contributed by atoms with Gasteiger partial charge in [0.05, 0.1) is 16.8 Å². The Morgan fingerprint density at radius 2 is 1.73 bits per heavy atom. The molecule has 0 saturated carbocycles. The first-order valence-corrected chi connectivity index (χ1v) is 10.6. The fraction of sp³-hybridized carbons (Fsp3) is 0.571. The van der Waals surface area contributed by atoms with Crippen molar-refractivity contribution in [3.8, 4) is 0 Å². The maximum Gasteiger partial charge on any atom is 0.243 e. The molecule has 6 nitrogen and oxygen atoms in total. The van der Waals surface area contributed by atoms with Crippen LogP contribution in [0.4, 0.5) is 5.69 Å². The number of hydrogen-bond donors (Lipinski definition) is 0. The van der Waals surface area contributed by atoms with Crippen molar-refractivity contribution in [3.63, 3.8) is 0 Å². The first-order valence-electron chi connectivity index (χ1n) is 7.34. The largest absolute Gasteiger partial charge is 0.267 e. The maximum atomic E-state index is 12.6. The van der Waals surface area contributed by atoms with E-state index in [0.29, 0.717) is 25.2 Å². The topological polar surface area (TPSA) is 74.8 Å². The smallest absolute Gasteiger partial charge is 0.243 e. The van der Waals surface area contributed by atoms with Gasteiger partial charge in [-0.15, -0.1) is 0 Å². The van der Waals surface area contributed by atoms with Crippen molar-refractivity contribution < 1.29 is 16.8 Å². The summed E-state index contributed by atoms with van der Waals surface area (Å²) >= 11 is 0. The zero-order valence-electron chi connectivity index (χ0n) is 12.7. The van der Waals surface area contributed by atoms with Crippen LogP contribution < -0.4 is 4.31 Å². The second kappa shape index (κ2) is 5.21. The molecule has 1 aromatic rings. The van der Waals surface area contributed by atoms with Gasteiger partial charge in [-0.3, -0.25) is 4.31 Å². The minimum Gasteiger partial charge on any atom is -0.267 e. The van der Waals surface area contributed by atoms with Gasteiger partial charge in [-0.05, 0) is 49.9 Å². The highest BCUT2D eigenvalue weighted by atomic mass is 32.2. The van der Waals surface area contributed by atoms with E-state index in [4.69, 9.17) is 0 Å². The predicted molar refractivity (Wildman–Crippen MR) is 84.9 cm³/mol. The number of benzene rings is 1. The Bertz CT molecular complexity index is 796. The summed E-state index contributed by atoms with van der Waals surface area (Å²) in [5.41, 5.74) is 1.37. The van der Waals surface area contributed by atoms with Crippen LogP contribution in [0.2, 0.25) is 0 Å². The maximum absolute atomic E-state index is 12.6. The summed E-state index contributed by atoms with van der Waals surface area (Å²) in [6.45, 7) is 2.95. The monoisotopic (exact) mass is 344 g/mol. The fourth-order valence-corrected chi connectivity index (χ4v) is 6.15. The van der Waals surface area contributed by atoms with E-state index in [1.54, 1.807) is 12.1 Å². The predicted octanol–water partition coefficient (Wildman–Crippen LogP) is 1.18. The zero-order valence-corrected chi connectivity index (χ0v) is 14.3. The molecule has 2 heterocycles. The van der Waals surface area contributed by atoms with Crippen LogP contribution in [-0.2, 0) is 26.5 Å². The van der Waals surface area contributed by atoms with Gasteiger partial charge in [0.25, 0.3) is 0 Å². The normalized spacial score (nSPS) is 23.0. The first-order chi connectivity index (χ1) is 10.2. The number of rotatable bonds is 3. The lowest BCUT2D eigenvalue weighted by Crippen LogP contribution is -2.34. The molecule has 0 unspecified atom stereocenters. The minimum atomic E-state index is -3.47. The Kier molecular flexibility index (Phi) is 3.73. The van der Waals surface area contributed by atoms with Gasteiger partial charge in [0.2, 0.25) is 20.0 Å². The van der Waals surface area contributed by atoms with E-state index in [1.165, 1.54) is 20.9 Å². The molecule has 3 rings (SSSR count). The molecule has 0 aromatic heterocycles. The summed E-state index contributed by atoms with van der Waals surface area (Å²) in [5, 5.41) is 0. The van der Waals surface area contributed by atoms with Crippen LogP contribution in [0.15, 0.2) is 23.1 Å². The lowest BCUT2D eigenvalue weighted by molar-refractivity contribution is 0.477. The molecule has 2 aliphatic heterocycles. The SMILES string of the molecule is C[C@H]1Cc2cc(S(=O)(=O)N3CCCC3)ccc2N1S(C)(=O)=O. The van der Waals surface area contributed by atoms with Crippen LogP contribution in [0.1, 0.15) is 25.3 Å². The van der Waals surface area contributed by atoms with E-state index in [0.717, 1.165) is 18.4 Å². The highest BCUT2D eigenvalue weighted by Crippen LogP contribution is 2.36. The van der Waals surface area contributed by atoms with E-state index in [2.05, 4.69) is 0 Å². The number of hydrogen-bond acceptors (Lipinski definition) is 4. The van der Waals surface area contributed by atoms with Gasteiger partial charge < -0.3 is 0 Å². The molecule has 8 heteroatoms. The molecular formula is C14H20N2O4S2. The van der Waals surface area contributed by atoms with Crippen molar-refractivity contribution in [1.82, 2.24) is 4.31 Å². The van der Waals surface area contributed by atoms with Crippen LogP contribution in [0.3, 0.4) is 0 Å². The molecule has 22 heavy (non-hydrogen) atoms. The van der Waals surface area contributed by atoms with E-state index in [-0.39, 0.29) is 10.9 Å². The van der Waals surface area contributed by atoms with Crippen molar-refractivity contribution in [3.05, 3.63) is 23.8 Å². The van der Waals surface area contributed by atoms with Crippen molar-refractivity contribution in [2.75, 3.05) is 23.7 Å². The first kappa shape index (κ1) is 15.8. The third kappa shape index (κ3) is 2.53. The van der Waals surface area contributed by atoms with Crippen molar-refractivity contribution in [2.24, 2.45) is 0 Å². The summed E-state index contributed by atoms with van der Waals surface area (Å²) in [5.74, 6) is 0. The Morgan fingerprint density at radius 1 is 1.09 bits per heavy atom. The van der Waals surface area contributed by atoms with E-state index in [9.17, 15) is 16.8 Å². The van der Waals surface area contributed by atoms with E-state index < -0.39 is 20.0 Å². The second-order valence-corrected chi connectivity index (χ2v) is 9.81. The molecule has 122 valence electrons. The van der Waals surface area contributed by atoms with E-state index in [1.807, 2.05) is 6.92 Å². The molecule has 1 atom stereocenters. The molecular weight excluding hydrogens is 324 g/mol. The molecule has 1 fully saturated rings. The average molecular weight is 344 g/mol. The van der Waals surface area contributed by atoms with Crippen LogP contribution >= 0.6 is 0 Å². The summed E-state index contributed by atoms with van der Waals surface area (Å²) in [6.07, 6.45) is 3.49. The summed E-state index contributed by atoms with van der Waals surface area (Å²) in [6, 6.07) is 4.57. The van der Waals surface area contributed by atoms with Crippen LogP contribution in [0.5, 0.6) is 0 Å². The second-order valence-electron chi connectivity index (χ2n) is 6.01. The van der Waals surface area contributed by atoms with Gasteiger partial charge in [-0.2, -0.15) is 4.31 Å². The zero-order chi connectivity index (χ0) is 16.1. The van der Waals surface area contributed by atoms with Crippen molar-refractivity contribution in [1.29, 1.82) is 0 Å². The van der Waals surface area contributed by atoms with Crippen molar-refractivity contribution >= 4 is 25.7 Å². The Morgan fingerprint density at radius 3 is 2.32 bits per heavy atom. The lowest BCUT2D eigenvalue weighted by Gasteiger charge is -2.22. The molecule has 0 amide bonds. The standard InChI is InChI=1S/C14H20N2O4S2/c1-11-9-12-10-13(22(19,20)15-7-3-4-8-15)5-6-14(12)16(11)21(2,17)18/h5-6,10-11H,3-4,7-9H2,1-2H3/t11-/m0/s1. The van der Waals surface area contributed by atoms with Gasteiger partial charge in [-0.1, -0.05) is 0 Å². The third-order valence-electron chi connectivity index (χ3n) is 4.26. The number of anilines is 1. The summed E-state index contributed by atoms with van der Waals surface area (Å²) in [4.78, 5) is 0.260. The number of nitrogens with zero attached hydrogens (tertiary/aromatic N) is 2. The molecule has 0 N–H and O–H groups in total. The highest BCUT2D eigenvalue weighted by Gasteiger charge is 2.34. The van der Waals surface area contributed by atoms with Gasteiger partial charge in [-0.25, -0.2) is 16.8 Å². The lowest BCUT2D eigenvalue weighted by atomic mass is 10.1. The van der Waals surface area contributed by atoms with Gasteiger partial charge in [0.1, 0.15) is 0 Å². The Hall–Kier alpha value is -1.12. The summed E-state index contributed by atoms with van der Waals surface area (Å²) < 4.78 is 51.8. The van der Waals surface area contributed by atoms with Gasteiger partial charge in [0, 0.05) is 19.1 Å². The van der Waals surface area contributed by atoms with Gasteiger partial charge >= 0.3 is 0 Å². The fourth-order valence-electron chi connectivity index (χ4n) is 3.32. The molecule has 0 aliphatic carbocycles. The number of sulfonamides is 2. The molecule has 0 spiro atoms. The van der Waals surface area contributed by atoms with E-state index >= 15 is 0 Å². The molecule has 2 aliphatic rings. The molecule has 0 bridgehead atoms. The van der Waals surface area contributed by atoms with Gasteiger partial charge in [0.15, 0.2) is 0 Å². The summed E-state index contributed by atoms with van der Waals surface area (Å²) in [7, 11) is -6.82. The average Bonchev–Trinajstić information content (AvgIpc) is 3.02. The molecule has 0 radical (unpaired) electrons.